The topological polar surface area (TPSA) is 46.0 Å². The van der Waals surface area contributed by atoms with Crippen molar-refractivity contribution in [3.63, 3.8) is 0 Å². The van der Waals surface area contributed by atoms with E-state index >= 15 is 0 Å². The molecule has 5 heteroatoms. The van der Waals surface area contributed by atoms with Crippen LogP contribution in [0.4, 0.5) is 0 Å². The van der Waals surface area contributed by atoms with Crippen molar-refractivity contribution in [2.24, 2.45) is 7.05 Å². The van der Waals surface area contributed by atoms with Gasteiger partial charge in [0.05, 0.1) is 6.54 Å². The second-order valence-corrected chi connectivity index (χ2v) is 4.82. The SMILES string of the molecule is C#CCN1CCC(NCCc2nncn2C)CC1. The Hall–Kier alpha value is -1.38. The third-order valence-electron chi connectivity index (χ3n) is 3.49. The van der Waals surface area contributed by atoms with E-state index in [0.717, 1.165) is 38.4 Å². The van der Waals surface area contributed by atoms with Crippen LogP contribution in [0.5, 0.6) is 0 Å². The number of likely N-dealkylation sites (tertiary alicyclic amines) is 1. The molecule has 0 bridgehead atoms. The van der Waals surface area contributed by atoms with Crippen molar-refractivity contribution in [1.82, 2.24) is 25.0 Å². The molecule has 0 saturated carbocycles. The van der Waals surface area contributed by atoms with Crippen molar-refractivity contribution in [3.8, 4) is 12.3 Å². The summed E-state index contributed by atoms with van der Waals surface area (Å²) < 4.78 is 1.97. The van der Waals surface area contributed by atoms with Crippen LogP contribution in [0.15, 0.2) is 6.33 Å². The number of terminal acetylenes is 1. The van der Waals surface area contributed by atoms with Crippen molar-refractivity contribution in [2.45, 2.75) is 25.3 Å². The molecule has 0 amide bonds. The quantitative estimate of drug-likeness (QED) is 0.747. The second-order valence-electron chi connectivity index (χ2n) is 4.82. The van der Waals surface area contributed by atoms with E-state index in [9.17, 15) is 0 Å². The summed E-state index contributed by atoms with van der Waals surface area (Å²) in [6, 6.07) is 0.618. The first-order valence-corrected chi connectivity index (χ1v) is 6.51. The van der Waals surface area contributed by atoms with E-state index in [1.807, 2.05) is 11.6 Å². The predicted octanol–water partition coefficient (Wildman–Crippen LogP) is 0.0448. The molecule has 2 rings (SSSR count). The first kappa shape index (κ1) is 13.1. The Morgan fingerprint density at radius 3 is 2.89 bits per heavy atom. The minimum Gasteiger partial charge on any atom is -0.321 e. The highest BCUT2D eigenvalue weighted by Gasteiger charge is 2.17. The fourth-order valence-corrected chi connectivity index (χ4v) is 2.35. The van der Waals surface area contributed by atoms with E-state index in [0.29, 0.717) is 6.04 Å². The first-order chi connectivity index (χ1) is 8.79. The van der Waals surface area contributed by atoms with Gasteiger partial charge in [0.15, 0.2) is 0 Å². The summed E-state index contributed by atoms with van der Waals surface area (Å²) in [6.07, 6.45) is 10.4. The first-order valence-electron chi connectivity index (χ1n) is 6.51. The van der Waals surface area contributed by atoms with Crippen molar-refractivity contribution in [2.75, 3.05) is 26.2 Å². The molecule has 1 saturated heterocycles. The number of hydrogen-bond acceptors (Lipinski definition) is 4. The Bertz CT molecular complexity index is 398. The molecule has 2 heterocycles. The summed E-state index contributed by atoms with van der Waals surface area (Å²) >= 11 is 0. The maximum absolute atomic E-state index is 5.32. The normalized spacial score (nSPS) is 17.8. The molecule has 0 aromatic carbocycles. The van der Waals surface area contributed by atoms with E-state index in [1.54, 1.807) is 6.33 Å². The van der Waals surface area contributed by atoms with Gasteiger partial charge < -0.3 is 9.88 Å². The van der Waals surface area contributed by atoms with Crippen molar-refractivity contribution >= 4 is 0 Å². The Morgan fingerprint density at radius 2 is 2.28 bits per heavy atom. The molecule has 1 N–H and O–H groups in total. The van der Waals surface area contributed by atoms with Gasteiger partial charge in [0.1, 0.15) is 12.2 Å². The van der Waals surface area contributed by atoms with Crippen LogP contribution in [0, 0.1) is 12.3 Å². The molecular formula is C13H21N5. The van der Waals surface area contributed by atoms with Crippen LogP contribution in [-0.2, 0) is 13.5 Å². The molecule has 0 atom stereocenters. The fourth-order valence-electron chi connectivity index (χ4n) is 2.35. The minimum atomic E-state index is 0.618. The molecule has 98 valence electrons. The molecule has 1 aromatic rings. The van der Waals surface area contributed by atoms with Crippen molar-refractivity contribution < 1.29 is 0 Å². The lowest BCUT2D eigenvalue weighted by atomic mass is 10.1. The second kappa shape index (κ2) is 6.53. The third-order valence-corrected chi connectivity index (χ3v) is 3.49. The van der Waals surface area contributed by atoms with Gasteiger partial charge in [0.2, 0.25) is 0 Å². The van der Waals surface area contributed by atoms with E-state index in [1.165, 1.54) is 12.8 Å². The third kappa shape index (κ3) is 3.56. The number of nitrogens with one attached hydrogen (secondary N) is 1. The van der Waals surface area contributed by atoms with Crippen LogP contribution in [-0.4, -0.2) is 51.9 Å². The number of rotatable bonds is 5. The lowest BCUT2D eigenvalue weighted by Crippen LogP contribution is -2.43. The van der Waals surface area contributed by atoms with Gasteiger partial charge in [-0.2, -0.15) is 0 Å². The summed E-state index contributed by atoms with van der Waals surface area (Å²) in [5.74, 6) is 3.74. The standard InChI is InChI=1S/C13H21N5/c1-3-8-18-9-5-12(6-10-18)14-7-4-13-16-15-11-17(13)2/h1,11-12,14H,4-10H2,2H3. The maximum Gasteiger partial charge on any atom is 0.133 e. The van der Waals surface area contributed by atoms with Gasteiger partial charge in [-0.1, -0.05) is 5.92 Å². The molecule has 1 aliphatic heterocycles. The van der Waals surface area contributed by atoms with Crippen LogP contribution in [0.1, 0.15) is 18.7 Å². The molecule has 0 aliphatic carbocycles. The van der Waals surface area contributed by atoms with Crippen molar-refractivity contribution in [1.29, 1.82) is 0 Å². The number of nitrogens with zero attached hydrogens (tertiary/aromatic N) is 4. The number of hydrogen-bond donors (Lipinski definition) is 1. The molecule has 0 unspecified atom stereocenters. The van der Waals surface area contributed by atoms with Crippen molar-refractivity contribution in [3.05, 3.63) is 12.2 Å². The Kier molecular flexibility index (Phi) is 4.73. The number of piperidine rings is 1. The van der Waals surface area contributed by atoms with Gasteiger partial charge in [-0.15, -0.1) is 16.6 Å². The zero-order valence-corrected chi connectivity index (χ0v) is 11.0. The maximum atomic E-state index is 5.32. The Morgan fingerprint density at radius 1 is 1.50 bits per heavy atom. The van der Waals surface area contributed by atoms with Gasteiger partial charge >= 0.3 is 0 Å². The Balaban J connectivity index is 1.64. The highest BCUT2D eigenvalue weighted by molar-refractivity contribution is 4.91. The average molecular weight is 247 g/mol. The minimum absolute atomic E-state index is 0.618. The van der Waals surface area contributed by atoms with Crippen LogP contribution in [0.3, 0.4) is 0 Å². The lowest BCUT2D eigenvalue weighted by Gasteiger charge is -2.31. The largest absolute Gasteiger partial charge is 0.321 e. The summed E-state index contributed by atoms with van der Waals surface area (Å²) in [4.78, 5) is 2.33. The van der Waals surface area contributed by atoms with Crippen LogP contribution in [0.25, 0.3) is 0 Å². The molecule has 18 heavy (non-hydrogen) atoms. The molecular weight excluding hydrogens is 226 g/mol. The zero-order valence-electron chi connectivity index (χ0n) is 11.0. The van der Waals surface area contributed by atoms with E-state index in [4.69, 9.17) is 6.42 Å². The summed E-state index contributed by atoms with van der Waals surface area (Å²) in [5.41, 5.74) is 0. The fraction of sp³-hybridized carbons (Fsp3) is 0.692. The highest BCUT2D eigenvalue weighted by Crippen LogP contribution is 2.09. The average Bonchev–Trinajstić information content (AvgIpc) is 2.78. The van der Waals surface area contributed by atoms with E-state index in [-0.39, 0.29) is 0 Å². The molecule has 1 aromatic heterocycles. The van der Waals surface area contributed by atoms with Gasteiger partial charge in [0.25, 0.3) is 0 Å². The van der Waals surface area contributed by atoms with Crippen LogP contribution in [0.2, 0.25) is 0 Å². The van der Waals surface area contributed by atoms with Crippen LogP contribution < -0.4 is 5.32 Å². The molecule has 0 radical (unpaired) electrons. The lowest BCUT2D eigenvalue weighted by molar-refractivity contribution is 0.218. The molecule has 1 fully saturated rings. The zero-order chi connectivity index (χ0) is 12.8. The summed E-state index contributed by atoms with van der Waals surface area (Å²) in [5, 5.41) is 11.5. The van der Waals surface area contributed by atoms with E-state index < -0.39 is 0 Å². The number of aryl methyl sites for hydroxylation is 1. The van der Waals surface area contributed by atoms with E-state index in [2.05, 4.69) is 26.3 Å². The summed E-state index contributed by atoms with van der Waals surface area (Å²) in [6.45, 7) is 3.95. The highest BCUT2D eigenvalue weighted by atomic mass is 15.2. The smallest absolute Gasteiger partial charge is 0.133 e. The van der Waals surface area contributed by atoms with Crippen LogP contribution >= 0.6 is 0 Å². The molecule has 0 spiro atoms. The number of aromatic nitrogens is 3. The monoisotopic (exact) mass is 247 g/mol. The summed E-state index contributed by atoms with van der Waals surface area (Å²) in [7, 11) is 1.98. The molecule has 1 aliphatic rings. The Labute approximate surface area is 109 Å². The van der Waals surface area contributed by atoms with Gasteiger partial charge in [-0.05, 0) is 12.8 Å². The predicted molar refractivity (Wildman–Crippen MR) is 71.0 cm³/mol. The van der Waals surface area contributed by atoms with Gasteiger partial charge in [-0.25, -0.2) is 0 Å². The molecule has 5 nitrogen and oxygen atoms in total. The van der Waals surface area contributed by atoms with Gasteiger partial charge in [-0.3, -0.25) is 4.90 Å². The van der Waals surface area contributed by atoms with Gasteiger partial charge in [0, 0.05) is 39.1 Å².